The molecule has 1 aromatic carbocycles. The number of carbonyl (C=O) groups excluding carboxylic acids is 1. The van der Waals surface area contributed by atoms with Crippen molar-refractivity contribution in [3.63, 3.8) is 0 Å². The number of hydrogen-bond donors (Lipinski definition) is 2. The van der Waals surface area contributed by atoms with Crippen LogP contribution in [-0.2, 0) is 37.4 Å². The molecule has 0 radical (unpaired) electrons. The molecule has 3 heterocycles. The van der Waals surface area contributed by atoms with Gasteiger partial charge in [0, 0.05) is 25.2 Å². The van der Waals surface area contributed by atoms with Crippen molar-refractivity contribution in [1.82, 2.24) is 14.8 Å². The Labute approximate surface area is 176 Å². The maximum Gasteiger partial charge on any atom is 0.412 e. The van der Waals surface area contributed by atoms with E-state index in [2.05, 4.69) is 22.0 Å². The first-order valence-electron chi connectivity index (χ1n) is 10.3. The smallest absolute Gasteiger partial charge is 0.412 e. The van der Waals surface area contributed by atoms with E-state index in [9.17, 15) is 15.0 Å². The SMILES string of the molecule is CC(C)(C)OC(=O)N1Cc2c(nc(CO)c3c2CN(Cc2ccccc2)CC3)C1O. The summed E-state index contributed by atoms with van der Waals surface area (Å²) in [5.41, 5.74) is 4.61. The highest BCUT2D eigenvalue weighted by atomic mass is 16.6. The normalized spacial score (nSPS) is 18.8. The number of aliphatic hydroxyl groups is 2. The van der Waals surface area contributed by atoms with E-state index in [1.807, 2.05) is 18.2 Å². The molecule has 2 aliphatic rings. The minimum Gasteiger partial charge on any atom is -0.444 e. The lowest BCUT2D eigenvalue weighted by atomic mass is 9.93. The van der Waals surface area contributed by atoms with Crippen LogP contribution in [0.3, 0.4) is 0 Å². The van der Waals surface area contributed by atoms with Gasteiger partial charge in [0.1, 0.15) is 5.60 Å². The first-order valence-corrected chi connectivity index (χ1v) is 10.3. The van der Waals surface area contributed by atoms with Gasteiger partial charge in [0.2, 0.25) is 0 Å². The van der Waals surface area contributed by atoms with Gasteiger partial charge >= 0.3 is 6.09 Å². The predicted molar refractivity (Wildman–Crippen MR) is 111 cm³/mol. The van der Waals surface area contributed by atoms with Crippen LogP contribution < -0.4 is 0 Å². The van der Waals surface area contributed by atoms with Gasteiger partial charge in [0.05, 0.1) is 24.5 Å². The minimum absolute atomic E-state index is 0.187. The van der Waals surface area contributed by atoms with Gasteiger partial charge in [-0.1, -0.05) is 30.3 Å². The fraction of sp³-hybridized carbons (Fsp3) is 0.478. The zero-order chi connectivity index (χ0) is 21.5. The molecule has 160 valence electrons. The Morgan fingerprint density at radius 2 is 1.90 bits per heavy atom. The lowest BCUT2D eigenvalue weighted by molar-refractivity contribution is -0.0270. The maximum atomic E-state index is 12.6. The van der Waals surface area contributed by atoms with Crippen molar-refractivity contribution in [2.75, 3.05) is 6.54 Å². The number of pyridine rings is 1. The van der Waals surface area contributed by atoms with Crippen LogP contribution in [0.25, 0.3) is 0 Å². The Morgan fingerprint density at radius 1 is 1.17 bits per heavy atom. The van der Waals surface area contributed by atoms with E-state index in [4.69, 9.17) is 4.74 Å². The van der Waals surface area contributed by atoms with Crippen molar-refractivity contribution in [1.29, 1.82) is 0 Å². The van der Waals surface area contributed by atoms with Crippen LogP contribution in [-0.4, -0.2) is 43.2 Å². The number of rotatable bonds is 3. The van der Waals surface area contributed by atoms with Crippen LogP contribution in [0.4, 0.5) is 4.79 Å². The Hall–Kier alpha value is -2.48. The molecule has 7 nitrogen and oxygen atoms in total. The van der Waals surface area contributed by atoms with Crippen LogP contribution in [0.1, 0.15) is 60.6 Å². The third kappa shape index (κ3) is 4.05. The average Bonchev–Trinajstić information content (AvgIpc) is 3.04. The molecule has 0 saturated carbocycles. The Balaban J connectivity index is 1.63. The van der Waals surface area contributed by atoms with Crippen LogP contribution in [0, 0.1) is 0 Å². The number of fused-ring (bicyclic) bond motifs is 3. The lowest BCUT2D eigenvalue weighted by Crippen LogP contribution is -2.35. The third-order valence-corrected chi connectivity index (χ3v) is 5.60. The van der Waals surface area contributed by atoms with Gasteiger partial charge < -0.3 is 14.9 Å². The van der Waals surface area contributed by atoms with Crippen molar-refractivity contribution >= 4 is 6.09 Å². The standard InChI is InChI=1S/C23H29N3O4/c1-23(2,3)30-22(29)26-13-18-17-12-25(11-15-7-5-4-6-8-15)10-9-16(17)19(14-27)24-20(18)21(26)28/h4-8,21,27-28H,9-14H2,1-3H3. The van der Waals surface area contributed by atoms with E-state index >= 15 is 0 Å². The molecule has 30 heavy (non-hydrogen) atoms. The molecule has 1 atom stereocenters. The molecule has 4 rings (SSSR count). The molecule has 0 fully saturated rings. The van der Waals surface area contributed by atoms with E-state index in [0.29, 0.717) is 17.9 Å². The van der Waals surface area contributed by atoms with Gasteiger partial charge in [-0.05, 0) is 43.9 Å². The number of aromatic nitrogens is 1. The second kappa shape index (κ2) is 7.98. The van der Waals surface area contributed by atoms with Gasteiger partial charge in [-0.2, -0.15) is 0 Å². The zero-order valence-electron chi connectivity index (χ0n) is 17.8. The summed E-state index contributed by atoms with van der Waals surface area (Å²) in [4.78, 5) is 20.8. The molecule has 2 aliphatic heterocycles. The molecule has 0 spiro atoms. The summed E-state index contributed by atoms with van der Waals surface area (Å²) in [6.07, 6.45) is -0.958. The average molecular weight is 412 g/mol. The van der Waals surface area contributed by atoms with Crippen molar-refractivity contribution in [2.45, 2.75) is 65.3 Å². The maximum absolute atomic E-state index is 12.6. The molecule has 0 bridgehead atoms. The highest BCUT2D eigenvalue weighted by molar-refractivity contribution is 5.70. The summed E-state index contributed by atoms with van der Waals surface area (Å²) in [6.45, 7) is 7.84. The van der Waals surface area contributed by atoms with Gasteiger partial charge in [-0.3, -0.25) is 9.80 Å². The number of aliphatic hydroxyl groups excluding tert-OH is 2. The van der Waals surface area contributed by atoms with Crippen LogP contribution in [0.5, 0.6) is 0 Å². The fourth-order valence-corrected chi connectivity index (χ4v) is 4.24. The monoisotopic (exact) mass is 411 g/mol. The van der Waals surface area contributed by atoms with E-state index < -0.39 is 17.9 Å². The Kier molecular flexibility index (Phi) is 5.53. The largest absolute Gasteiger partial charge is 0.444 e. The molecular weight excluding hydrogens is 382 g/mol. The van der Waals surface area contributed by atoms with Gasteiger partial charge in [-0.25, -0.2) is 9.78 Å². The first kappa shape index (κ1) is 20.8. The lowest BCUT2D eigenvalue weighted by Gasteiger charge is -2.31. The number of ether oxygens (including phenoxy) is 1. The van der Waals surface area contributed by atoms with Crippen molar-refractivity contribution < 1.29 is 19.7 Å². The quantitative estimate of drug-likeness (QED) is 0.808. The molecule has 1 aromatic heterocycles. The molecule has 1 unspecified atom stereocenters. The number of carbonyl (C=O) groups is 1. The summed E-state index contributed by atoms with van der Waals surface area (Å²) < 4.78 is 5.46. The Bertz CT molecular complexity index is 940. The van der Waals surface area contributed by atoms with E-state index in [0.717, 1.165) is 36.2 Å². The number of amides is 1. The number of nitrogens with zero attached hydrogens (tertiary/aromatic N) is 3. The topological polar surface area (TPSA) is 86.1 Å². The zero-order valence-corrected chi connectivity index (χ0v) is 17.8. The summed E-state index contributed by atoms with van der Waals surface area (Å²) in [5.74, 6) is 0. The van der Waals surface area contributed by atoms with Crippen LogP contribution in [0.15, 0.2) is 30.3 Å². The van der Waals surface area contributed by atoms with E-state index in [1.54, 1.807) is 20.8 Å². The predicted octanol–water partition coefficient (Wildman–Crippen LogP) is 2.87. The Morgan fingerprint density at radius 3 is 2.57 bits per heavy atom. The second-order valence-corrected chi connectivity index (χ2v) is 8.97. The number of benzene rings is 1. The van der Waals surface area contributed by atoms with Crippen molar-refractivity contribution in [3.8, 4) is 0 Å². The van der Waals surface area contributed by atoms with Gasteiger partial charge in [0.25, 0.3) is 0 Å². The molecule has 0 saturated heterocycles. The fourth-order valence-electron chi connectivity index (χ4n) is 4.24. The molecule has 2 N–H and O–H groups in total. The summed E-state index contributed by atoms with van der Waals surface area (Å²) in [5, 5.41) is 20.7. The van der Waals surface area contributed by atoms with Crippen LogP contribution in [0.2, 0.25) is 0 Å². The molecule has 0 aliphatic carbocycles. The van der Waals surface area contributed by atoms with Crippen molar-refractivity contribution in [3.05, 3.63) is 64.0 Å². The number of hydrogen-bond acceptors (Lipinski definition) is 6. The van der Waals surface area contributed by atoms with Crippen LogP contribution >= 0.6 is 0 Å². The second-order valence-electron chi connectivity index (χ2n) is 8.97. The highest BCUT2D eigenvalue weighted by Gasteiger charge is 2.39. The third-order valence-electron chi connectivity index (χ3n) is 5.60. The molecular formula is C23H29N3O4. The van der Waals surface area contributed by atoms with E-state index in [-0.39, 0.29) is 13.2 Å². The highest BCUT2D eigenvalue weighted by Crippen LogP contribution is 2.38. The van der Waals surface area contributed by atoms with Gasteiger partial charge in [0.15, 0.2) is 6.23 Å². The molecule has 7 heteroatoms. The minimum atomic E-state index is -1.17. The summed E-state index contributed by atoms with van der Waals surface area (Å²) in [7, 11) is 0. The van der Waals surface area contributed by atoms with E-state index in [1.165, 1.54) is 10.5 Å². The molecule has 1 amide bonds. The first-order chi connectivity index (χ1) is 14.3. The summed E-state index contributed by atoms with van der Waals surface area (Å²) in [6, 6.07) is 10.3. The molecule has 2 aromatic rings. The van der Waals surface area contributed by atoms with Gasteiger partial charge in [-0.15, -0.1) is 0 Å². The van der Waals surface area contributed by atoms with Crippen molar-refractivity contribution in [2.24, 2.45) is 0 Å². The summed E-state index contributed by atoms with van der Waals surface area (Å²) >= 11 is 0.